The standard InChI is InChI=1S/C18H18F2O5S/c1-3-24-18(21)11(2)8-12-9-15(19)17(16(20)10-12)25-13-4-6-14(7-5-13)26(22)23/h4-9,16H,3,10H2,1-2H3,(H,22,23). The van der Waals surface area contributed by atoms with Gasteiger partial charge in [-0.05, 0) is 55.8 Å². The largest absolute Gasteiger partial charge is 0.463 e. The van der Waals surface area contributed by atoms with Crippen molar-refractivity contribution < 1.29 is 31.8 Å². The average Bonchev–Trinajstić information content (AvgIpc) is 2.58. The zero-order valence-electron chi connectivity index (χ0n) is 14.2. The van der Waals surface area contributed by atoms with Crippen LogP contribution in [0, 0.1) is 0 Å². The molecule has 8 heteroatoms. The number of carbonyl (C=O) groups is 1. The number of allylic oxidation sites excluding steroid dienone is 5. The minimum atomic E-state index is -2.14. The van der Waals surface area contributed by atoms with Crippen molar-refractivity contribution in [1.82, 2.24) is 0 Å². The second kappa shape index (κ2) is 8.86. The first-order chi connectivity index (χ1) is 12.3. The summed E-state index contributed by atoms with van der Waals surface area (Å²) in [6.45, 7) is 3.38. The summed E-state index contributed by atoms with van der Waals surface area (Å²) in [4.78, 5) is 11.7. The molecule has 0 heterocycles. The van der Waals surface area contributed by atoms with E-state index in [2.05, 4.69) is 0 Å². The van der Waals surface area contributed by atoms with Gasteiger partial charge in [-0.15, -0.1) is 0 Å². The van der Waals surface area contributed by atoms with Crippen LogP contribution in [0.3, 0.4) is 0 Å². The van der Waals surface area contributed by atoms with E-state index in [1.165, 1.54) is 37.3 Å². The van der Waals surface area contributed by atoms with Crippen molar-refractivity contribution in [3.8, 4) is 5.75 Å². The minimum Gasteiger partial charge on any atom is -0.463 e. The molecule has 26 heavy (non-hydrogen) atoms. The molecule has 0 radical (unpaired) electrons. The molecule has 5 nitrogen and oxygen atoms in total. The van der Waals surface area contributed by atoms with Crippen LogP contribution < -0.4 is 4.74 Å². The van der Waals surface area contributed by atoms with Crippen molar-refractivity contribution in [3.63, 3.8) is 0 Å². The van der Waals surface area contributed by atoms with Gasteiger partial charge in [-0.3, -0.25) is 0 Å². The number of benzene rings is 1. The van der Waals surface area contributed by atoms with Gasteiger partial charge in [0.1, 0.15) is 5.75 Å². The van der Waals surface area contributed by atoms with Gasteiger partial charge in [0, 0.05) is 12.0 Å². The third kappa shape index (κ3) is 5.09. The monoisotopic (exact) mass is 384 g/mol. The lowest BCUT2D eigenvalue weighted by Gasteiger charge is -2.19. The van der Waals surface area contributed by atoms with E-state index in [-0.39, 0.29) is 29.2 Å². The molecular weight excluding hydrogens is 366 g/mol. The number of carbonyl (C=O) groups excluding carboxylic acids is 1. The molecule has 1 aliphatic carbocycles. The van der Waals surface area contributed by atoms with Crippen LogP contribution in [0.25, 0.3) is 0 Å². The molecule has 0 fully saturated rings. The van der Waals surface area contributed by atoms with Gasteiger partial charge in [0.25, 0.3) is 0 Å². The first kappa shape index (κ1) is 20.0. The van der Waals surface area contributed by atoms with E-state index in [1.54, 1.807) is 6.92 Å². The Morgan fingerprint density at radius 2 is 2.04 bits per heavy atom. The normalized spacial score (nSPS) is 19.0. The van der Waals surface area contributed by atoms with Gasteiger partial charge in [0.2, 0.25) is 0 Å². The number of ether oxygens (including phenoxy) is 2. The fourth-order valence-electron chi connectivity index (χ4n) is 2.29. The zero-order valence-corrected chi connectivity index (χ0v) is 15.0. The Bertz CT molecular complexity index is 796. The van der Waals surface area contributed by atoms with E-state index < -0.39 is 34.8 Å². The molecule has 1 aromatic rings. The molecule has 2 unspecified atom stereocenters. The van der Waals surface area contributed by atoms with E-state index in [0.717, 1.165) is 6.08 Å². The summed E-state index contributed by atoms with van der Waals surface area (Å²) in [6, 6.07) is 5.35. The highest BCUT2D eigenvalue weighted by Crippen LogP contribution is 2.31. The molecule has 1 aliphatic rings. The molecule has 0 aromatic heterocycles. The van der Waals surface area contributed by atoms with E-state index in [1.807, 2.05) is 0 Å². The molecule has 140 valence electrons. The Balaban J connectivity index is 2.19. The Morgan fingerprint density at radius 1 is 1.38 bits per heavy atom. The molecule has 1 aromatic carbocycles. The lowest BCUT2D eigenvalue weighted by Crippen LogP contribution is -2.17. The van der Waals surface area contributed by atoms with E-state index in [9.17, 15) is 17.8 Å². The predicted octanol–water partition coefficient (Wildman–Crippen LogP) is 4.00. The summed E-state index contributed by atoms with van der Waals surface area (Å²) in [7, 11) is 0. The van der Waals surface area contributed by atoms with Gasteiger partial charge in [-0.1, -0.05) is 0 Å². The molecule has 0 saturated carbocycles. The topological polar surface area (TPSA) is 72.8 Å². The predicted molar refractivity (Wildman–Crippen MR) is 92.2 cm³/mol. The van der Waals surface area contributed by atoms with Crippen molar-refractivity contribution in [1.29, 1.82) is 0 Å². The highest BCUT2D eigenvalue weighted by atomic mass is 32.2. The van der Waals surface area contributed by atoms with Gasteiger partial charge >= 0.3 is 5.97 Å². The summed E-state index contributed by atoms with van der Waals surface area (Å²) < 4.78 is 58.5. The molecule has 0 amide bonds. The van der Waals surface area contributed by atoms with Crippen molar-refractivity contribution >= 4 is 17.0 Å². The number of halogens is 2. The number of hydrogen-bond donors (Lipinski definition) is 1. The fourth-order valence-corrected chi connectivity index (χ4v) is 2.66. The van der Waals surface area contributed by atoms with Crippen molar-refractivity contribution in [2.75, 3.05) is 6.61 Å². The van der Waals surface area contributed by atoms with Crippen molar-refractivity contribution in [3.05, 3.63) is 59.1 Å². The van der Waals surface area contributed by atoms with Crippen molar-refractivity contribution in [2.24, 2.45) is 0 Å². The van der Waals surface area contributed by atoms with Gasteiger partial charge in [-0.2, -0.15) is 0 Å². The second-order valence-corrected chi connectivity index (χ2v) is 6.44. The van der Waals surface area contributed by atoms with Crippen LogP contribution in [-0.4, -0.2) is 27.5 Å². The first-order valence-electron chi connectivity index (χ1n) is 7.80. The SMILES string of the molecule is CCOC(=O)C(C)=CC1=CC(F)=C(Oc2ccc(S(=O)O)cc2)C(F)C1. The Morgan fingerprint density at radius 3 is 2.58 bits per heavy atom. The van der Waals surface area contributed by atoms with Gasteiger partial charge in [0.05, 0.1) is 11.5 Å². The molecule has 0 saturated heterocycles. The maximum Gasteiger partial charge on any atom is 0.333 e. The van der Waals surface area contributed by atoms with Crippen LogP contribution in [0.1, 0.15) is 20.3 Å². The van der Waals surface area contributed by atoms with Crippen LogP contribution >= 0.6 is 0 Å². The summed E-state index contributed by atoms with van der Waals surface area (Å²) in [5.74, 6) is -1.77. The van der Waals surface area contributed by atoms with Crippen LogP contribution in [0.2, 0.25) is 0 Å². The number of hydrogen-bond acceptors (Lipinski definition) is 4. The van der Waals surface area contributed by atoms with E-state index in [4.69, 9.17) is 14.0 Å². The zero-order chi connectivity index (χ0) is 19.3. The number of rotatable bonds is 6. The maximum absolute atomic E-state index is 14.3. The number of esters is 1. The van der Waals surface area contributed by atoms with Crippen LogP contribution in [0.5, 0.6) is 5.75 Å². The summed E-state index contributed by atoms with van der Waals surface area (Å²) in [6.07, 6.45) is 0.600. The smallest absolute Gasteiger partial charge is 0.333 e. The molecule has 0 aliphatic heterocycles. The summed E-state index contributed by atoms with van der Waals surface area (Å²) in [5.41, 5.74) is 0.550. The summed E-state index contributed by atoms with van der Waals surface area (Å²) in [5, 5.41) is 0. The van der Waals surface area contributed by atoms with Gasteiger partial charge in [-0.25, -0.2) is 17.8 Å². The Kier molecular flexibility index (Phi) is 6.82. The van der Waals surface area contributed by atoms with E-state index >= 15 is 0 Å². The molecule has 2 rings (SSSR count). The van der Waals surface area contributed by atoms with Crippen LogP contribution in [0.4, 0.5) is 8.78 Å². The number of alkyl halides is 1. The average molecular weight is 384 g/mol. The molecule has 2 atom stereocenters. The molecular formula is C18H18F2O5S. The van der Waals surface area contributed by atoms with Gasteiger partial charge < -0.3 is 14.0 Å². The van der Waals surface area contributed by atoms with Crippen molar-refractivity contribution in [2.45, 2.75) is 31.3 Å². The Labute approximate surface area is 152 Å². The second-order valence-electron chi connectivity index (χ2n) is 5.47. The third-order valence-corrected chi connectivity index (χ3v) is 4.17. The van der Waals surface area contributed by atoms with Crippen LogP contribution in [-0.2, 0) is 20.6 Å². The highest BCUT2D eigenvalue weighted by Gasteiger charge is 2.26. The van der Waals surface area contributed by atoms with E-state index in [0.29, 0.717) is 5.57 Å². The maximum atomic E-state index is 14.3. The summed E-state index contributed by atoms with van der Waals surface area (Å²) >= 11 is -2.14. The van der Waals surface area contributed by atoms with Crippen LogP contribution in [0.15, 0.2) is 64.0 Å². The molecule has 0 bridgehead atoms. The molecule has 1 N–H and O–H groups in total. The quantitative estimate of drug-likeness (QED) is 0.456. The third-order valence-electron chi connectivity index (χ3n) is 3.50. The Hall–Kier alpha value is -2.32. The lowest BCUT2D eigenvalue weighted by molar-refractivity contribution is -0.138. The first-order valence-corrected chi connectivity index (χ1v) is 8.91. The van der Waals surface area contributed by atoms with Gasteiger partial charge in [0.15, 0.2) is 28.8 Å². The minimum absolute atomic E-state index is 0.141. The fraction of sp³-hybridized carbons (Fsp3) is 0.278. The lowest BCUT2D eigenvalue weighted by atomic mass is 9.99. The highest BCUT2D eigenvalue weighted by molar-refractivity contribution is 7.79. The molecule has 0 spiro atoms.